The van der Waals surface area contributed by atoms with Gasteiger partial charge in [0.15, 0.2) is 0 Å². The minimum atomic E-state index is -1.46. The number of aliphatic carboxylic acids is 1. The number of carboxylic acids is 1. The van der Waals surface area contributed by atoms with Gasteiger partial charge in [-0.1, -0.05) is 18.2 Å². The maximum absolute atomic E-state index is 13.6. The molecule has 0 radical (unpaired) electrons. The van der Waals surface area contributed by atoms with Crippen LogP contribution in [0.15, 0.2) is 30.5 Å². The molecule has 4 amide bonds. The molecule has 38 heavy (non-hydrogen) atoms. The third kappa shape index (κ3) is 6.86. The fourth-order valence-electron chi connectivity index (χ4n) is 4.56. The number of fused-ring (bicyclic) bond motifs is 1. The topological polar surface area (TPSA) is 221 Å². The molecule has 2 heterocycles. The van der Waals surface area contributed by atoms with Crippen LogP contribution in [0.25, 0.3) is 10.9 Å². The van der Waals surface area contributed by atoms with Crippen LogP contribution in [-0.4, -0.2) is 86.5 Å². The summed E-state index contributed by atoms with van der Waals surface area (Å²) in [5.74, 6) is -3.98. The van der Waals surface area contributed by atoms with Crippen LogP contribution < -0.4 is 22.1 Å². The van der Waals surface area contributed by atoms with Gasteiger partial charge in [-0.15, -0.1) is 0 Å². The molecule has 0 spiro atoms. The number of likely N-dealkylation sites (tertiary alicyclic amines) is 1. The van der Waals surface area contributed by atoms with Crippen molar-refractivity contribution in [2.24, 2.45) is 11.5 Å². The van der Waals surface area contributed by atoms with Crippen LogP contribution in [-0.2, 0) is 30.4 Å². The third-order valence-electron chi connectivity index (χ3n) is 6.64. The second kappa shape index (κ2) is 12.5. The van der Waals surface area contributed by atoms with Crippen LogP contribution in [0.5, 0.6) is 0 Å². The van der Waals surface area contributed by atoms with E-state index >= 15 is 0 Å². The highest BCUT2D eigenvalue weighted by Gasteiger charge is 2.39. The quantitative estimate of drug-likeness (QED) is 0.175. The summed E-state index contributed by atoms with van der Waals surface area (Å²) in [6, 6.07) is 2.58. The van der Waals surface area contributed by atoms with Gasteiger partial charge in [0, 0.05) is 36.5 Å². The summed E-state index contributed by atoms with van der Waals surface area (Å²) < 4.78 is 0. The highest BCUT2D eigenvalue weighted by atomic mass is 16.4. The zero-order valence-electron chi connectivity index (χ0n) is 21.1. The SMILES string of the molecule is CC(O)C(NC(=O)C(N)CCC(N)=O)C(=O)NC(Cc1c[nH]c2ccccc12)C(=O)N1CCCC1C(=O)O. The molecule has 5 unspecified atom stereocenters. The van der Waals surface area contributed by atoms with E-state index < -0.39 is 59.9 Å². The van der Waals surface area contributed by atoms with E-state index in [1.165, 1.54) is 11.8 Å². The fourth-order valence-corrected chi connectivity index (χ4v) is 4.56. The maximum atomic E-state index is 13.6. The first kappa shape index (κ1) is 28.6. The molecule has 1 fully saturated rings. The molecule has 5 atom stereocenters. The molecule has 9 N–H and O–H groups in total. The second-order valence-electron chi connectivity index (χ2n) is 9.49. The van der Waals surface area contributed by atoms with Crippen molar-refractivity contribution in [3.63, 3.8) is 0 Å². The molecule has 1 saturated heterocycles. The number of H-pyrrole nitrogens is 1. The number of hydrogen-bond donors (Lipinski definition) is 7. The minimum Gasteiger partial charge on any atom is -0.480 e. The first-order chi connectivity index (χ1) is 18.0. The van der Waals surface area contributed by atoms with E-state index in [9.17, 15) is 34.2 Å². The molecule has 1 aliphatic rings. The van der Waals surface area contributed by atoms with Gasteiger partial charge in [-0.25, -0.2) is 4.79 Å². The van der Waals surface area contributed by atoms with Gasteiger partial charge in [0.1, 0.15) is 18.1 Å². The molecular formula is C25H34N6O7. The van der Waals surface area contributed by atoms with Gasteiger partial charge in [-0.2, -0.15) is 0 Å². The molecule has 0 aliphatic carbocycles. The maximum Gasteiger partial charge on any atom is 0.326 e. The summed E-state index contributed by atoms with van der Waals surface area (Å²) in [6.07, 6.45) is 1.00. The van der Waals surface area contributed by atoms with Gasteiger partial charge in [-0.05, 0) is 37.8 Å². The number of aliphatic hydroxyl groups is 1. The summed E-state index contributed by atoms with van der Waals surface area (Å²) in [5, 5.41) is 25.6. The lowest BCUT2D eigenvalue weighted by Crippen LogP contribution is -2.60. The number of nitrogens with one attached hydrogen (secondary N) is 3. The van der Waals surface area contributed by atoms with Crippen molar-refractivity contribution in [2.75, 3.05) is 6.54 Å². The van der Waals surface area contributed by atoms with Crippen LogP contribution in [0, 0.1) is 0 Å². The van der Waals surface area contributed by atoms with Crippen molar-refractivity contribution < 1.29 is 34.2 Å². The Morgan fingerprint density at radius 3 is 2.53 bits per heavy atom. The van der Waals surface area contributed by atoms with Gasteiger partial charge >= 0.3 is 5.97 Å². The Morgan fingerprint density at radius 2 is 1.87 bits per heavy atom. The molecule has 206 valence electrons. The van der Waals surface area contributed by atoms with Crippen molar-refractivity contribution >= 4 is 40.5 Å². The largest absolute Gasteiger partial charge is 0.480 e. The van der Waals surface area contributed by atoms with Gasteiger partial charge in [-0.3, -0.25) is 19.2 Å². The Kier molecular flexibility index (Phi) is 9.42. The summed E-state index contributed by atoms with van der Waals surface area (Å²) in [5.41, 5.74) is 12.4. The van der Waals surface area contributed by atoms with Crippen molar-refractivity contribution in [3.8, 4) is 0 Å². The Bertz CT molecular complexity index is 1200. The lowest BCUT2D eigenvalue weighted by Gasteiger charge is -2.29. The van der Waals surface area contributed by atoms with E-state index in [-0.39, 0.29) is 25.8 Å². The molecule has 0 saturated carbocycles. The van der Waals surface area contributed by atoms with Gasteiger partial charge in [0.25, 0.3) is 0 Å². The number of primary amides is 1. The fraction of sp³-hybridized carbons (Fsp3) is 0.480. The summed E-state index contributed by atoms with van der Waals surface area (Å²) in [6.45, 7) is 1.51. The van der Waals surface area contributed by atoms with Crippen molar-refractivity contribution in [1.29, 1.82) is 0 Å². The summed E-state index contributed by atoms with van der Waals surface area (Å²) >= 11 is 0. The summed E-state index contributed by atoms with van der Waals surface area (Å²) in [7, 11) is 0. The van der Waals surface area contributed by atoms with Crippen LogP contribution >= 0.6 is 0 Å². The van der Waals surface area contributed by atoms with Crippen LogP contribution in [0.3, 0.4) is 0 Å². The Hall–Kier alpha value is -3.97. The number of amides is 4. The van der Waals surface area contributed by atoms with E-state index in [2.05, 4.69) is 15.6 Å². The molecule has 2 aromatic rings. The van der Waals surface area contributed by atoms with Crippen molar-refractivity contribution in [1.82, 2.24) is 20.5 Å². The minimum absolute atomic E-state index is 0.0377. The van der Waals surface area contributed by atoms with Crippen molar-refractivity contribution in [2.45, 2.75) is 69.3 Å². The number of carbonyl (C=O) groups excluding carboxylic acids is 4. The number of aromatic nitrogens is 1. The lowest BCUT2D eigenvalue weighted by atomic mass is 10.0. The zero-order valence-corrected chi connectivity index (χ0v) is 21.1. The molecular weight excluding hydrogens is 496 g/mol. The second-order valence-corrected chi connectivity index (χ2v) is 9.49. The number of para-hydroxylation sites is 1. The van der Waals surface area contributed by atoms with E-state index in [0.717, 1.165) is 16.5 Å². The van der Waals surface area contributed by atoms with Gasteiger partial charge in [0.05, 0.1) is 12.1 Å². The number of carboxylic acid groups (broad SMARTS) is 1. The standard InChI is InChI=1S/C25H34N6O7/c1-13(32)21(30-22(34)16(26)8-9-20(27)33)23(35)29-18(24(36)31-10-4-7-19(31)25(37)38)11-14-12-28-17-6-3-2-5-15(14)17/h2-3,5-6,12-13,16,18-19,21,28,32H,4,7-11,26H2,1H3,(H2,27,33)(H,29,35)(H,30,34)(H,37,38). The third-order valence-corrected chi connectivity index (χ3v) is 6.64. The van der Waals surface area contributed by atoms with Crippen LogP contribution in [0.2, 0.25) is 0 Å². The molecule has 3 rings (SSSR count). The number of aliphatic hydroxyl groups excluding tert-OH is 1. The Balaban J connectivity index is 1.83. The monoisotopic (exact) mass is 530 g/mol. The number of rotatable bonds is 12. The zero-order chi connectivity index (χ0) is 28.0. The summed E-state index contributed by atoms with van der Waals surface area (Å²) in [4.78, 5) is 66.4. The number of aromatic amines is 1. The highest BCUT2D eigenvalue weighted by Crippen LogP contribution is 2.23. The Morgan fingerprint density at radius 1 is 1.16 bits per heavy atom. The van der Waals surface area contributed by atoms with E-state index in [0.29, 0.717) is 12.8 Å². The van der Waals surface area contributed by atoms with Gasteiger partial charge < -0.3 is 42.2 Å². The molecule has 13 nitrogen and oxygen atoms in total. The average Bonchev–Trinajstić information content (AvgIpc) is 3.52. The van der Waals surface area contributed by atoms with Crippen LogP contribution in [0.1, 0.15) is 38.2 Å². The average molecular weight is 531 g/mol. The van der Waals surface area contributed by atoms with E-state index in [4.69, 9.17) is 11.5 Å². The van der Waals surface area contributed by atoms with Gasteiger partial charge in [0.2, 0.25) is 23.6 Å². The number of benzene rings is 1. The van der Waals surface area contributed by atoms with Crippen LogP contribution in [0.4, 0.5) is 0 Å². The molecule has 1 aliphatic heterocycles. The molecule has 13 heteroatoms. The number of nitrogens with two attached hydrogens (primary N) is 2. The Labute approximate surface area is 218 Å². The first-order valence-corrected chi connectivity index (χ1v) is 12.4. The lowest BCUT2D eigenvalue weighted by molar-refractivity contribution is -0.149. The number of carbonyl (C=O) groups is 5. The van der Waals surface area contributed by atoms with E-state index in [1.54, 1.807) is 6.20 Å². The van der Waals surface area contributed by atoms with E-state index in [1.807, 2.05) is 24.3 Å². The molecule has 1 aromatic carbocycles. The molecule has 1 aromatic heterocycles. The van der Waals surface area contributed by atoms with Crippen molar-refractivity contribution in [3.05, 3.63) is 36.0 Å². The number of nitrogens with zero attached hydrogens (tertiary/aromatic N) is 1. The smallest absolute Gasteiger partial charge is 0.326 e. The number of hydrogen-bond acceptors (Lipinski definition) is 7. The predicted octanol–water partition coefficient (Wildman–Crippen LogP) is -1.27. The molecule has 0 bridgehead atoms. The normalized spacial score (nSPS) is 18.4. The first-order valence-electron chi connectivity index (χ1n) is 12.4. The predicted molar refractivity (Wildman–Crippen MR) is 136 cm³/mol. The highest BCUT2D eigenvalue weighted by molar-refractivity contribution is 5.95.